The van der Waals surface area contributed by atoms with Crippen molar-refractivity contribution < 1.29 is 14.3 Å². The van der Waals surface area contributed by atoms with E-state index in [0.717, 1.165) is 16.8 Å². The zero-order valence-electron chi connectivity index (χ0n) is 18.2. The van der Waals surface area contributed by atoms with Crippen LogP contribution in [0.4, 0.5) is 10.5 Å². The van der Waals surface area contributed by atoms with E-state index in [9.17, 15) is 9.59 Å². The molecule has 0 aliphatic carbocycles. The number of para-hydroxylation sites is 1. The molecule has 0 heterocycles. The van der Waals surface area contributed by atoms with Gasteiger partial charge in [-0.3, -0.25) is 4.79 Å². The van der Waals surface area contributed by atoms with Gasteiger partial charge in [-0.1, -0.05) is 69.3 Å². The maximum atomic E-state index is 13.2. The van der Waals surface area contributed by atoms with Crippen molar-refractivity contribution in [2.24, 2.45) is 0 Å². The number of rotatable bonds is 7. The van der Waals surface area contributed by atoms with Gasteiger partial charge in [-0.25, -0.2) is 4.79 Å². The number of anilines is 1. The molecule has 0 bridgehead atoms. The van der Waals surface area contributed by atoms with Gasteiger partial charge in [-0.2, -0.15) is 0 Å². The highest BCUT2D eigenvalue weighted by atomic mass is 16.6. The van der Waals surface area contributed by atoms with Crippen molar-refractivity contribution in [3.05, 3.63) is 65.2 Å². The summed E-state index contributed by atoms with van der Waals surface area (Å²) in [5, 5.41) is 5.77. The summed E-state index contributed by atoms with van der Waals surface area (Å²) in [6, 6.07) is 14.3. The van der Waals surface area contributed by atoms with Crippen LogP contribution >= 0.6 is 0 Å². The number of amides is 2. The van der Waals surface area contributed by atoms with Crippen molar-refractivity contribution in [3.63, 3.8) is 0 Å². The third-order valence-corrected chi connectivity index (χ3v) is 5.05. The molecule has 0 saturated carbocycles. The van der Waals surface area contributed by atoms with E-state index < -0.39 is 17.7 Å². The highest BCUT2D eigenvalue weighted by Crippen LogP contribution is 2.28. The van der Waals surface area contributed by atoms with E-state index in [1.807, 2.05) is 76.2 Å². The molecule has 0 fully saturated rings. The summed E-state index contributed by atoms with van der Waals surface area (Å²) in [7, 11) is 0. The molecule has 156 valence electrons. The van der Waals surface area contributed by atoms with E-state index >= 15 is 0 Å². The smallest absolute Gasteiger partial charge is 0.408 e. The highest BCUT2D eigenvalue weighted by Gasteiger charge is 2.27. The molecule has 2 aromatic rings. The van der Waals surface area contributed by atoms with E-state index in [0.29, 0.717) is 12.0 Å². The molecular weight excluding hydrogens is 364 g/mol. The number of hydrogen-bond donors (Lipinski definition) is 2. The third kappa shape index (κ3) is 6.08. The van der Waals surface area contributed by atoms with Gasteiger partial charge in [0.05, 0.1) is 0 Å². The van der Waals surface area contributed by atoms with Crippen LogP contribution in [-0.4, -0.2) is 17.6 Å². The molecule has 1 atom stereocenters. The number of carbonyl (C=O) groups is 2. The van der Waals surface area contributed by atoms with E-state index in [1.165, 1.54) is 0 Å². The molecule has 0 aliphatic heterocycles. The third-order valence-electron chi connectivity index (χ3n) is 5.05. The second-order valence-electron chi connectivity index (χ2n) is 8.17. The van der Waals surface area contributed by atoms with Crippen molar-refractivity contribution in [1.82, 2.24) is 5.32 Å². The van der Waals surface area contributed by atoms with Crippen LogP contribution in [0.3, 0.4) is 0 Å². The van der Waals surface area contributed by atoms with E-state index in [4.69, 9.17) is 4.74 Å². The van der Waals surface area contributed by atoms with Gasteiger partial charge in [0, 0.05) is 5.69 Å². The Bertz CT molecular complexity index is 844. The van der Waals surface area contributed by atoms with Crippen LogP contribution in [0.2, 0.25) is 0 Å². The Morgan fingerprint density at radius 3 is 2.28 bits per heavy atom. The second kappa shape index (κ2) is 9.59. The average molecular weight is 397 g/mol. The molecular formula is C24H32N2O3. The van der Waals surface area contributed by atoms with Gasteiger partial charge in [0.2, 0.25) is 0 Å². The molecule has 5 nitrogen and oxygen atoms in total. The molecule has 0 aliphatic rings. The number of alkyl carbamates (subject to hydrolysis) is 1. The molecule has 0 radical (unpaired) electrons. The Morgan fingerprint density at radius 2 is 1.69 bits per heavy atom. The van der Waals surface area contributed by atoms with Crippen LogP contribution < -0.4 is 10.6 Å². The SMILES string of the molecule is CCC(C)(C)OC(=O)NC(C(=O)Nc1c(C)cccc1C(C)C)c1ccccc1. The van der Waals surface area contributed by atoms with Crippen molar-refractivity contribution in [1.29, 1.82) is 0 Å². The average Bonchev–Trinajstić information content (AvgIpc) is 2.67. The van der Waals surface area contributed by atoms with E-state index in [2.05, 4.69) is 24.5 Å². The van der Waals surface area contributed by atoms with Gasteiger partial charge >= 0.3 is 6.09 Å². The molecule has 0 saturated heterocycles. The fraction of sp³-hybridized carbons (Fsp3) is 0.417. The van der Waals surface area contributed by atoms with Crippen molar-refractivity contribution in [2.45, 2.75) is 65.5 Å². The van der Waals surface area contributed by atoms with Gasteiger partial charge in [0.15, 0.2) is 0 Å². The highest BCUT2D eigenvalue weighted by molar-refractivity contribution is 5.98. The quantitative estimate of drug-likeness (QED) is 0.629. The Kier molecular flexibility index (Phi) is 7.43. The lowest BCUT2D eigenvalue weighted by atomic mass is 9.97. The molecule has 29 heavy (non-hydrogen) atoms. The first-order chi connectivity index (χ1) is 13.6. The number of ether oxygens (including phenoxy) is 1. The van der Waals surface area contributed by atoms with Gasteiger partial charge in [-0.05, 0) is 49.8 Å². The topological polar surface area (TPSA) is 67.4 Å². The minimum Gasteiger partial charge on any atom is -0.444 e. The summed E-state index contributed by atoms with van der Waals surface area (Å²) >= 11 is 0. The number of nitrogens with one attached hydrogen (secondary N) is 2. The Morgan fingerprint density at radius 1 is 1.03 bits per heavy atom. The lowest BCUT2D eigenvalue weighted by Crippen LogP contribution is -2.41. The number of carbonyl (C=O) groups excluding carboxylic acids is 2. The van der Waals surface area contributed by atoms with Crippen LogP contribution in [0.1, 0.15) is 69.7 Å². The van der Waals surface area contributed by atoms with Crippen LogP contribution in [0.5, 0.6) is 0 Å². The van der Waals surface area contributed by atoms with Crippen LogP contribution in [0.25, 0.3) is 0 Å². The first-order valence-electron chi connectivity index (χ1n) is 10.1. The van der Waals surface area contributed by atoms with Crippen LogP contribution in [0.15, 0.2) is 48.5 Å². The first-order valence-corrected chi connectivity index (χ1v) is 10.1. The second-order valence-corrected chi connectivity index (χ2v) is 8.17. The number of hydrogen-bond acceptors (Lipinski definition) is 3. The lowest BCUT2D eigenvalue weighted by Gasteiger charge is -2.26. The normalized spacial score (nSPS) is 12.4. The van der Waals surface area contributed by atoms with E-state index in [-0.39, 0.29) is 11.8 Å². The molecule has 2 aromatic carbocycles. The standard InChI is InChI=1S/C24H32N2O3/c1-7-24(5,6)29-23(28)26-21(18-13-9-8-10-14-18)22(27)25-20-17(4)12-11-15-19(20)16(2)3/h8-16,21H,7H2,1-6H3,(H,25,27)(H,26,28). The molecule has 2 rings (SSSR count). The van der Waals surface area contributed by atoms with Crippen molar-refractivity contribution in [2.75, 3.05) is 5.32 Å². The van der Waals surface area contributed by atoms with Gasteiger partial charge in [0.25, 0.3) is 5.91 Å². The van der Waals surface area contributed by atoms with Gasteiger partial charge < -0.3 is 15.4 Å². The predicted molar refractivity (Wildman–Crippen MR) is 117 cm³/mol. The van der Waals surface area contributed by atoms with Crippen molar-refractivity contribution in [3.8, 4) is 0 Å². The zero-order valence-corrected chi connectivity index (χ0v) is 18.2. The lowest BCUT2D eigenvalue weighted by molar-refractivity contribution is -0.118. The first kappa shape index (κ1) is 22.5. The predicted octanol–water partition coefficient (Wildman–Crippen LogP) is 5.71. The Balaban J connectivity index is 2.31. The molecule has 0 aromatic heterocycles. The zero-order chi connectivity index (χ0) is 21.6. The number of benzene rings is 2. The fourth-order valence-corrected chi connectivity index (χ4v) is 2.95. The molecule has 5 heteroatoms. The van der Waals surface area contributed by atoms with Crippen molar-refractivity contribution >= 4 is 17.7 Å². The Hall–Kier alpha value is -2.82. The largest absolute Gasteiger partial charge is 0.444 e. The fourth-order valence-electron chi connectivity index (χ4n) is 2.95. The summed E-state index contributed by atoms with van der Waals surface area (Å²) < 4.78 is 5.50. The molecule has 1 unspecified atom stereocenters. The summed E-state index contributed by atoms with van der Waals surface area (Å²) in [5.74, 6) is -0.0534. The molecule has 2 N–H and O–H groups in total. The molecule has 2 amide bonds. The molecule has 0 spiro atoms. The van der Waals surface area contributed by atoms with E-state index in [1.54, 1.807) is 0 Å². The Labute approximate surface area is 173 Å². The summed E-state index contributed by atoms with van der Waals surface area (Å²) in [6.07, 6.45) is 0.0542. The maximum Gasteiger partial charge on any atom is 0.408 e. The van der Waals surface area contributed by atoms with Gasteiger partial charge in [-0.15, -0.1) is 0 Å². The summed E-state index contributed by atoms with van der Waals surface area (Å²) in [5.41, 5.74) is 2.90. The minimum absolute atomic E-state index is 0.253. The van der Waals surface area contributed by atoms with Gasteiger partial charge in [0.1, 0.15) is 11.6 Å². The summed E-state index contributed by atoms with van der Waals surface area (Å²) in [4.78, 5) is 25.7. The van der Waals surface area contributed by atoms with Crippen LogP contribution in [-0.2, 0) is 9.53 Å². The maximum absolute atomic E-state index is 13.2. The van der Waals surface area contributed by atoms with Crippen LogP contribution in [0, 0.1) is 6.92 Å². The number of aryl methyl sites for hydroxylation is 1. The monoisotopic (exact) mass is 396 g/mol. The summed E-state index contributed by atoms with van der Waals surface area (Å²) in [6.45, 7) is 11.8. The minimum atomic E-state index is -0.865.